The number of nitrogens with one attached hydrogen (secondary N) is 5. The van der Waals surface area contributed by atoms with Crippen LogP contribution in [0.3, 0.4) is 0 Å². The molecule has 1 saturated heterocycles. The Morgan fingerprint density at radius 1 is 0.924 bits per heavy atom. The number of hydrogen-bond donors (Lipinski definition) is 7. The number of fused-ring (bicyclic) bond motifs is 1. The molecule has 3 aliphatic rings. The number of carbonyl (C=O) groups excluding carboxylic acids is 7. The first-order valence-corrected chi connectivity index (χ1v) is 27.0. The van der Waals surface area contributed by atoms with Gasteiger partial charge in [-0.25, -0.2) is 9.37 Å². The third-order valence-electron chi connectivity index (χ3n) is 14.0. The fraction of sp³-hybridized carbons (Fsp3) is 0.446. The topological polar surface area (TPSA) is 284 Å². The molecule has 3 heterocycles. The van der Waals surface area contributed by atoms with E-state index in [1.165, 1.54) is 39.3 Å². The number of β-amino-alcohol motifs (C(OH)–C–C–N with tert-alkyl or cyclic N) is 1. The second kappa shape index (κ2) is 24.4. The van der Waals surface area contributed by atoms with E-state index in [1.807, 2.05) is 19.1 Å². The van der Waals surface area contributed by atoms with Gasteiger partial charge in [0.2, 0.25) is 11.8 Å². The Balaban J connectivity index is 0.768. The van der Waals surface area contributed by atoms with Gasteiger partial charge in [0.05, 0.1) is 33.8 Å². The number of phenolic OH excluding ortho intramolecular Hbond substituents is 1. The number of thiazole rings is 1. The minimum atomic E-state index is -2.01. The van der Waals surface area contributed by atoms with Crippen molar-refractivity contribution in [2.45, 2.75) is 109 Å². The average Bonchev–Trinajstić information content (AvgIpc) is 4.07. The number of rotatable bonds is 22. The van der Waals surface area contributed by atoms with E-state index in [4.69, 9.17) is 14.0 Å². The average molecular weight is 1110 g/mol. The molecule has 79 heavy (non-hydrogen) atoms. The van der Waals surface area contributed by atoms with Crippen molar-refractivity contribution in [3.8, 4) is 39.0 Å². The normalized spacial score (nSPS) is 17.5. The van der Waals surface area contributed by atoms with Gasteiger partial charge in [-0.3, -0.25) is 33.6 Å². The van der Waals surface area contributed by atoms with E-state index in [-0.39, 0.29) is 86.2 Å². The molecule has 420 valence electrons. The number of aromatic nitrogens is 2. The summed E-state index contributed by atoms with van der Waals surface area (Å²) in [6.45, 7) is 6.90. The van der Waals surface area contributed by atoms with Crippen molar-refractivity contribution in [2.24, 2.45) is 5.41 Å². The van der Waals surface area contributed by atoms with Gasteiger partial charge in [0.25, 0.3) is 29.5 Å². The predicted molar refractivity (Wildman–Crippen MR) is 288 cm³/mol. The number of amides is 7. The molecule has 8 rings (SSSR count). The first-order chi connectivity index (χ1) is 37.6. The molecule has 2 aliphatic carbocycles. The van der Waals surface area contributed by atoms with Gasteiger partial charge in [0, 0.05) is 63.9 Å². The number of aromatic hydroxyl groups is 1. The second-order valence-electron chi connectivity index (χ2n) is 21.4. The van der Waals surface area contributed by atoms with Crippen LogP contribution in [0.4, 0.5) is 4.39 Å². The van der Waals surface area contributed by atoms with Crippen LogP contribution in [0.25, 0.3) is 21.8 Å². The molecule has 0 unspecified atom stereocenters. The van der Waals surface area contributed by atoms with E-state index in [1.54, 1.807) is 70.7 Å². The van der Waals surface area contributed by atoms with Crippen molar-refractivity contribution in [3.63, 3.8) is 0 Å². The monoisotopic (exact) mass is 1110 g/mol. The summed E-state index contributed by atoms with van der Waals surface area (Å²) in [4.78, 5) is 99.6. The lowest BCUT2D eigenvalue weighted by Gasteiger charge is -2.35. The van der Waals surface area contributed by atoms with Crippen LogP contribution in [-0.2, 0) is 36.9 Å². The van der Waals surface area contributed by atoms with E-state index in [2.05, 4.69) is 36.7 Å². The number of aliphatic hydroxyl groups is 1. The minimum Gasteiger partial charge on any atom is -0.507 e. The Bertz CT molecular complexity index is 3110. The van der Waals surface area contributed by atoms with Crippen molar-refractivity contribution in [2.75, 3.05) is 46.9 Å². The summed E-state index contributed by atoms with van der Waals surface area (Å²) in [6, 6.07) is 14.2. The molecule has 2 fully saturated rings. The number of alkyl halides is 1. The lowest BCUT2D eigenvalue weighted by Crippen LogP contribution is -2.59. The van der Waals surface area contributed by atoms with Crippen molar-refractivity contribution in [3.05, 3.63) is 99.8 Å². The Hall–Kier alpha value is -7.92. The SMILES string of the molecule is Cc1ncsc1-c1ccc(CNC(=O)[C@@H]2C[C@@H](O)CN2C(=O)[C@@H](NC(=O)C2(F)CC2)C(C)(C)C)c(OCC(=O)NCCCCNC(=O)COc2ccc3c(c2)[C@H](NC(=O)c2cc(-c4ccc(C(=O)N(C)C)c(O)c4)on2)CC3)c1. The summed E-state index contributed by atoms with van der Waals surface area (Å²) in [5.74, 6) is -2.81. The third-order valence-corrected chi connectivity index (χ3v) is 15.0. The molecule has 0 radical (unpaired) electrons. The van der Waals surface area contributed by atoms with Crippen LogP contribution in [0.5, 0.6) is 17.2 Å². The fourth-order valence-corrected chi connectivity index (χ4v) is 10.2. The molecule has 23 heteroatoms. The molecular formula is C56H66FN9O12S. The van der Waals surface area contributed by atoms with Gasteiger partial charge in [-0.1, -0.05) is 50.2 Å². The molecule has 1 aliphatic heterocycles. The molecule has 3 aromatic carbocycles. The number of carbonyl (C=O) groups is 7. The second-order valence-corrected chi connectivity index (χ2v) is 22.2. The van der Waals surface area contributed by atoms with Gasteiger partial charge in [-0.15, -0.1) is 11.3 Å². The number of phenols is 1. The lowest BCUT2D eigenvalue weighted by molar-refractivity contribution is -0.145. The zero-order valence-corrected chi connectivity index (χ0v) is 45.7. The van der Waals surface area contributed by atoms with Gasteiger partial charge in [-0.05, 0) is 97.9 Å². The Morgan fingerprint density at radius 3 is 2.29 bits per heavy atom. The number of halogens is 1. The van der Waals surface area contributed by atoms with Crippen molar-refractivity contribution in [1.29, 1.82) is 0 Å². The molecule has 2 aromatic heterocycles. The van der Waals surface area contributed by atoms with Crippen LogP contribution in [0.15, 0.2) is 70.7 Å². The van der Waals surface area contributed by atoms with Crippen LogP contribution in [-0.4, -0.2) is 142 Å². The van der Waals surface area contributed by atoms with Gasteiger partial charge >= 0.3 is 0 Å². The molecular weight excluding hydrogens is 1040 g/mol. The number of hydrogen-bond acceptors (Lipinski definition) is 15. The van der Waals surface area contributed by atoms with Gasteiger partial charge < -0.3 is 60.6 Å². The summed E-state index contributed by atoms with van der Waals surface area (Å²) >= 11 is 1.44. The molecule has 4 atom stereocenters. The van der Waals surface area contributed by atoms with Crippen LogP contribution in [0, 0.1) is 12.3 Å². The summed E-state index contributed by atoms with van der Waals surface area (Å²) in [5, 5.41) is 39.1. The zero-order chi connectivity index (χ0) is 56.8. The van der Waals surface area contributed by atoms with Gasteiger partial charge in [0.15, 0.2) is 30.3 Å². The Morgan fingerprint density at radius 2 is 1.63 bits per heavy atom. The van der Waals surface area contributed by atoms with Crippen molar-refractivity contribution >= 4 is 52.7 Å². The third kappa shape index (κ3) is 14.0. The first-order valence-electron chi connectivity index (χ1n) is 26.1. The molecule has 7 amide bonds. The van der Waals surface area contributed by atoms with E-state index in [0.29, 0.717) is 55.0 Å². The van der Waals surface area contributed by atoms with Crippen molar-refractivity contribution in [1.82, 2.24) is 46.5 Å². The molecule has 5 aromatic rings. The number of aryl methyl sites for hydroxylation is 2. The van der Waals surface area contributed by atoms with E-state index < -0.39 is 58.8 Å². The largest absolute Gasteiger partial charge is 0.507 e. The van der Waals surface area contributed by atoms with Crippen LogP contribution < -0.4 is 36.1 Å². The smallest absolute Gasteiger partial charge is 0.273 e. The molecule has 0 spiro atoms. The maximum absolute atomic E-state index is 14.7. The highest BCUT2D eigenvalue weighted by molar-refractivity contribution is 7.13. The van der Waals surface area contributed by atoms with E-state index in [9.17, 15) is 48.2 Å². The van der Waals surface area contributed by atoms with Crippen LogP contribution in [0.2, 0.25) is 0 Å². The Kier molecular flexibility index (Phi) is 17.7. The number of ether oxygens (including phenoxy) is 2. The number of benzene rings is 3. The Labute approximate surface area is 460 Å². The highest BCUT2D eigenvalue weighted by atomic mass is 32.1. The molecule has 0 bridgehead atoms. The van der Waals surface area contributed by atoms with Crippen molar-refractivity contribution < 1.29 is 62.2 Å². The van der Waals surface area contributed by atoms with Gasteiger partial charge in [0.1, 0.15) is 29.3 Å². The minimum absolute atomic E-state index is 0.0340. The summed E-state index contributed by atoms with van der Waals surface area (Å²) < 4.78 is 31.9. The lowest BCUT2D eigenvalue weighted by atomic mass is 9.85. The van der Waals surface area contributed by atoms with Crippen LogP contribution >= 0.6 is 11.3 Å². The number of nitrogens with zero attached hydrogens (tertiary/aromatic N) is 4. The predicted octanol–water partition coefficient (Wildman–Crippen LogP) is 4.68. The maximum Gasteiger partial charge on any atom is 0.273 e. The highest BCUT2D eigenvalue weighted by Gasteiger charge is 2.53. The summed E-state index contributed by atoms with van der Waals surface area (Å²) in [7, 11) is 3.16. The molecule has 7 N–H and O–H groups in total. The first kappa shape index (κ1) is 57.3. The fourth-order valence-electron chi connectivity index (χ4n) is 9.35. The highest BCUT2D eigenvalue weighted by Crippen LogP contribution is 2.41. The number of aliphatic hydroxyl groups excluding tert-OH is 1. The standard InChI is InChI=1S/C56H66FN9O12S/c1-31-48(79-30-61-31)34-9-10-35(26-60-51(72)42-23-36(67)27-66(42)53(74)49(55(2,3)4)63-54(75)56(57)17-18-56)44(22-34)77-29-47(70)59-20-8-7-19-58-46(69)28-76-37-14-11-32-13-16-40(39(32)24-37)62-50(71)41-25-45(78-64-41)33-12-15-38(43(68)21-33)52(73)65(5)6/h9-12,14-15,21-22,24-25,30,36,40,42,49,67-68H,7-8,13,16-20,23,26-29H2,1-6H3,(H,58,69)(H,59,70)(H,60,72)(H,62,71)(H,63,75)/t36-,40-,42+,49-/m1/s1. The van der Waals surface area contributed by atoms with Crippen LogP contribution in [0.1, 0.15) is 109 Å². The summed E-state index contributed by atoms with van der Waals surface area (Å²) in [6.07, 6.45) is 1.55. The van der Waals surface area contributed by atoms with Gasteiger partial charge in [-0.2, -0.15) is 0 Å². The molecule has 21 nitrogen and oxygen atoms in total. The maximum atomic E-state index is 14.7. The van der Waals surface area contributed by atoms with E-state index in [0.717, 1.165) is 33.7 Å². The zero-order valence-electron chi connectivity index (χ0n) is 44.9. The quantitative estimate of drug-likeness (QED) is 0.0464. The number of unbranched alkanes of at least 4 members (excludes halogenated alkanes) is 1. The number of likely N-dealkylation sites (tertiary alicyclic amines) is 1. The van der Waals surface area contributed by atoms with E-state index >= 15 is 0 Å². The summed E-state index contributed by atoms with van der Waals surface area (Å²) in [5.41, 5.74) is 3.47. The molecule has 1 saturated carbocycles.